The quantitative estimate of drug-likeness (QED) is 0.747. The highest BCUT2D eigenvalue weighted by Gasteiger charge is 2.26. The molecule has 6 heteroatoms. The van der Waals surface area contributed by atoms with Crippen LogP contribution in [-0.4, -0.2) is 99.5 Å². The van der Waals surface area contributed by atoms with Crippen molar-refractivity contribution in [1.82, 2.24) is 14.7 Å². The van der Waals surface area contributed by atoms with Crippen LogP contribution in [-0.2, 0) is 14.9 Å². The Hall–Kier alpha value is -0.240. The largest absolute Gasteiger partial charge is 0.373 e. The first-order valence-electron chi connectivity index (χ1n) is 7.79. The summed E-state index contributed by atoms with van der Waals surface area (Å²) in [5.74, 6) is 0. The van der Waals surface area contributed by atoms with Crippen LogP contribution in [0.5, 0.6) is 0 Å². The molecule has 0 amide bonds. The van der Waals surface area contributed by atoms with Gasteiger partial charge in [-0.3, -0.25) is 9.80 Å². The second-order valence-electron chi connectivity index (χ2n) is 6.65. The van der Waals surface area contributed by atoms with E-state index < -0.39 is 0 Å². The fraction of sp³-hybridized carbons (Fsp3) is 1.00. The summed E-state index contributed by atoms with van der Waals surface area (Å²) in [6, 6.07) is 0.235. The van der Waals surface area contributed by atoms with E-state index in [4.69, 9.17) is 4.74 Å². The summed E-state index contributed by atoms with van der Waals surface area (Å²) in [7, 11) is 4.09. The molecule has 0 aromatic rings. The molecule has 0 saturated carbocycles. The third-order valence-corrected chi connectivity index (χ3v) is 4.08. The van der Waals surface area contributed by atoms with Crippen LogP contribution >= 0.6 is 0 Å². The molecule has 2 heterocycles. The molecule has 2 aliphatic rings. The standard InChI is InChI=1S/C8H16NO2.C7H15N2O/c1-8(2)7-9(3-5-10)4-6-11-8;1-8-3-4-9(2)7(5-8)6-10/h3-7H2,1-2H3;7H,3-6H2,1-2H3. The Morgan fingerprint density at radius 2 is 1.86 bits per heavy atom. The highest BCUT2D eigenvalue weighted by Crippen LogP contribution is 2.15. The van der Waals surface area contributed by atoms with Crippen molar-refractivity contribution in [1.29, 1.82) is 0 Å². The molecule has 0 aromatic carbocycles. The summed E-state index contributed by atoms with van der Waals surface area (Å²) in [6.45, 7) is 10.4. The highest BCUT2D eigenvalue weighted by molar-refractivity contribution is 4.78. The maximum absolute atomic E-state index is 10.6. The molecule has 2 radical (unpaired) electrons. The maximum Gasteiger partial charge on any atom is 0.0989 e. The number of rotatable bonds is 3. The summed E-state index contributed by atoms with van der Waals surface area (Å²) in [5, 5.41) is 20.9. The van der Waals surface area contributed by atoms with Crippen molar-refractivity contribution in [2.45, 2.75) is 25.5 Å². The van der Waals surface area contributed by atoms with Gasteiger partial charge in [0.1, 0.15) is 0 Å². The van der Waals surface area contributed by atoms with Crippen molar-refractivity contribution in [2.75, 3.05) is 73.2 Å². The van der Waals surface area contributed by atoms with E-state index in [0.29, 0.717) is 6.54 Å². The summed E-state index contributed by atoms with van der Waals surface area (Å²) >= 11 is 0. The fourth-order valence-electron chi connectivity index (χ4n) is 2.72. The molecule has 2 fully saturated rings. The van der Waals surface area contributed by atoms with Crippen LogP contribution in [0.2, 0.25) is 0 Å². The lowest BCUT2D eigenvalue weighted by atomic mass is 10.1. The molecule has 0 spiro atoms. The first-order chi connectivity index (χ1) is 9.88. The van der Waals surface area contributed by atoms with Gasteiger partial charge in [-0.1, -0.05) is 0 Å². The minimum absolute atomic E-state index is 0.00389. The Morgan fingerprint density at radius 1 is 1.14 bits per heavy atom. The lowest BCUT2D eigenvalue weighted by Gasteiger charge is -2.37. The number of piperazine rings is 1. The van der Waals surface area contributed by atoms with Crippen molar-refractivity contribution in [3.05, 3.63) is 0 Å². The topological polar surface area (TPSA) is 58.8 Å². The molecule has 0 aliphatic carbocycles. The van der Waals surface area contributed by atoms with Crippen molar-refractivity contribution in [3.63, 3.8) is 0 Å². The summed E-state index contributed by atoms with van der Waals surface area (Å²) in [5.41, 5.74) is -0.0621. The lowest BCUT2D eigenvalue weighted by molar-refractivity contribution is -0.0896. The van der Waals surface area contributed by atoms with E-state index in [0.717, 1.165) is 39.3 Å². The molecule has 21 heavy (non-hydrogen) atoms. The molecule has 0 N–H and O–H groups in total. The Morgan fingerprint density at radius 3 is 2.38 bits per heavy atom. The Kier molecular flexibility index (Phi) is 8.08. The molecule has 0 aromatic heterocycles. The number of likely N-dealkylation sites (N-methyl/N-ethyl adjacent to an activating group) is 2. The van der Waals surface area contributed by atoms with Crippen LogP contribution in [0.15, 0.2) is 0 Å². The predicted molar refractivity (Wildman–Crippen MR) is 81.5 cm³/mol. The average Bonchev–Trinajstić information content (AvgIpc) is 2.41. The summed E-state index contributed by atoms with van der Waals surface area (Å²) < 4.78 is 5.50. The molecule has 2 rings (SSSR count). The van der Waals surface area contributed by atoms with Gasteiger partial charge < -0.3 is 9.64 Å². The highest BCUT2D eigenvalue weighted by atomic mass is 16.5. The van der Waals surface area contributed by atoms with Gasteiger partial charge >= 0.3 is 0 Å². The van der Waals surface area contributed by atoms with Crippen LogP contribution in [0.25, 0.3) is 0 Å². The van der Waals surface area contributed by atoms with E-state index in [1.54, 1.807) is 0 Å². The van der Waals surface area contributed by atoms with E-state index in [9.17, 15) is 10.2 Å². The fourth-order valence-corrected chi connectivity index (χ4v) is 2.72. The van der Waals surface area contributed by atoms with Gasteiger partial charge in [0.15, 0.2) is 0 Å². The molecule has 2 aliphatic heterocycles. The number of nitrogens with zero attached hydrogens (tertiary/aromatic N) is 3. The number of ether oxygens (including phenoxy) is 1. The molecule has 2 saturated heterocycles. The number of hydrogen-bond donors (Lipinski definition) is 0. The summed E-state index contributed by atoms with van der Waals surface area (Å²) in [6.07, 6.45) is 0. The maximum atomic E-state index is 10.6. The van der Waals surface area contributed by atoms with Crippen LogP contribution in [0, 0.1) is 0 Å². The zero-order valence-electron chi connectivity index (χ0n) is 14.0. The Bertz CT molecular complexity index is 287. The molecule has 0 bridgehead atoms. The molecule has 124 valence electrons. The minimum atomic E-state index is -0.0621. The third kappa shape index (κ3) is 7.04. The second-order valence-corrected chi connectivity index (χ2v) is 6.65. The molecule has 6 nitrogen and oxygen atoms in total. The SMILES string of the molecule is CC1(C)CN(CC[O])CCO1.CN1CCN(C)C(C[O])C1. The Labute approximate surface area is 129 Å². The summed E-state index contributed by atoms with van der Waals surface area (Å²) in [4.78, 5) is 6.52. The van der Waals surface area contributed by atoms with Crippen molar-refractivity contribution < 1.29 is 14.9 Å². The van der Waals surface area contributed by atoms with Crippen LogP contribution < -0.4 is 0 Å². The second kappa shape index (κ2) is 9.02. The zero-order valence-corrected chi connectivity index (χ0v) is 14.0. The Balaban J connectivity index is 0.000000211. The first kappa shape index (κ1) is 18.8. The van der Waals surface area contributed by atoms with E-state index in [2.05, 4.69) is 35.6 Å². The van der Waals surface area contributed by atoms with Crippen molar-refractivity contribution in [2.24, 2.45) is 0 Å². The van der Waals surface area contributed by atoms with Gasteiger partial charge in [0.2, 0.25) is 0 Å². The van der Waals surface area contributed by atoms with Gasteiger partial charge in [0.05, 0.1) is 25.4 Å². The van der Waals surface area contributed by atoms with E-state index in [-0.39, 0.29) is 24.9 Å². The van der Waals surface area contributed by atoms with Crippen LogP contribution in [0.1, 0.15) is 13.8 Å². The minimum Gasteiger partial charge on any atom is -0.373 e. The van der Waals surface area contributed by atoms with Gasteiger partial charge in [0, 0.05) is 45.3 Å². The first-order valence-corrected chi connectivity index (χ1v) is 7.79. The predicted octanol–water partition coefficient (Wildman–Crippen LogP) is 0.190. The van der Waals surface area contributed by atoms with Crippen LogP contribution in [0.3, 0.4) is 0 Å². The van der Waals surface area contributed by atoms with Gasteiger partial charge in [0.25, 0.3) is 0 Å². The van der Waals surface area contributed by atoms with E-state index >= 15 is 0 Å². The lowest BCUT2D eigenvalue weighted by Crippen LogP contribution is -2.51. The monoisotopic (exact) mass is 301 g/mol. The molecular weight excluding hydrogens is 270 g/mol. The van der Waals surface area contributed by atoms with E-state index in [1.165, 1.54) is 0 Å². The van der Waals surface area contributed by atoms with Gasteiger partial charge in [-0.05, 0) is 27.9 Å². The van der Waals surface area contributed by atoms with Gasteiger partial charge in [-0.2, -0.15) is 0 Å². The third-order valence-electron chi connectivity index (χ3n) is 4.08. The number of morpholine rings is 1. The van der Waals surface area contributed by atoms with Gasteiger partial charge in [-0.25, -0.2) is 10.2 Å². The van der Waals surface area contributed by atoms with E-state index in [1.807, 2.05) is 7.05 Å². The van der Waals surface area contributed by atoms with Crippen molar-refractivity contribution >= 4 is 0 Å². The molecular formula is C15H31N3O3. The van der Waals surface area contributed by atoms with Crippen molar-refractivity contribution in [3.8, 4) is 0 Å². The molecule has 1 unspecified atom stereocenters. The zero-order chi connectivity index (χ0) is 15.9. The number of hydrogen-bond acceptors (Lipinski definition) is 4. The average molecular weight is 301 g/mol. The smallest absolute Gasteiger partial charge is 0.0989 e. The molecule has 1 atom stereocenters. The van der Waals surface area contributed by atoms with Crippen LogP contribution in [0.4, 0.5) is 0 Å². The normalized spacial score (nSPS) is 28.0. The van der Waals surface area contributed by atoms with Gasteiger partial charge in [-0.15, -0.1) is 0 Å².